The van der Waals surface area contributed by atoms with Crippen LogP contribution in [-0.2, 0) is 14.3 Å². The van der Waals surface area contributed by atoms with Crippen molar-refractivity contribution in [1.82, 2.24) is 0 Å². The highest BCUT2D eigenvalue weighted by molar-refractivity contribution is 7.98. The van der Waals surface area contributed by atoms with Gasteiger partial charge in [-0.15, -0.1) is 24.2 Å². The van der Waals surface area contributed by atoms with Gasteiger partial charge in [-0.2, -0.15) is 0 Å². The summed E-state index contributed by atoms with van der Waals surface area (Å²) in [5.41, 5.74) is 12.6. The Hall–Kier alpha value is -2.91. The van der Waals surface area contributed by atoms with Gasteiger partial charge in [-0.1, -0.05) is 6.07 Å². The van der Waals surface area contributed by atoms with Gasteiger partial charge in [0.25, 0.3) is 5.91 Å². The lowest BCUT2D eigenvalue weighted by atomic mass is 10.1. The number of hydrogen-bond donors (Lipinski definition) is 4. The summed E-state index contributed by atoms with van der Waals surface area (Å²) in [4.78, 5) is 24.3. The van der Waals surface area contributed by atoms with Gasteiger partial charge in [0.05, 0.1) is 6.61 Å². The first-order valence-corrected chi connectivity index (χ1v) is 10.0. The van der Waals surface area contributed by atoms with Gasteiger partial charge in [-0.05, 0) is 55.1 Å². The molecule has 0 radical (unpaired) electrons. The summed E-state index contributed by atoms with van der Waals surface area (Å²) in [5, 5.41) is 10.6. The van der Waals surface area contributed by atoms with E-state index < -0.39 is 17.9 Å². The highest BCUT2D eigenvalue weighted by Gasteiger charge is 2.23. The summed E-state index contributed by atoms with van der Waals surface area (Å²) in [6, 6.07) is 11.3. The number of halogens is 1. The number of thioether (sulfide) groups is 1. The number of benzene rings is 2. The lowest BCUT2D eigenvalue weighted by Crippen LogP contribution is -2.24. The van der Waals surface area contributed by atoms with E-state index in [2.05, 4.69) is 5.32 Å². The van der Waals surface area contributed by atoms with Crippen LogP contribution in [0.1, 0.15) is 24.1 Å². The van der Waals surface area contributed by atoms with Gasteiger partial charge in [0.2, 0.25) is 0 Å². The maximum Gasteiger partial charge on any atom is 0.333 e. The zero-order chi connectivity index (χ0) is 21.4. The Morgan fingerprint density at radius 2 is 1.83 bits per heavy atom. The Morgan fingerprint density at radius 3 is 2.37 bits per heavy atom. The molecule has 1 amide bonds. The smallest absolute Gasteiger partial charge is 0.333 e. The van der Waals surface area contributed by atoms with Crippen LogP contribution in [0.5, 0.6) is 5.75 Å². The van der Waals surface area contributed by atoms with Gasteiger partial charge >= 0.3 is 5.97 Å². The molecule has 8 nitrogen and oxygen atoms in total. The zero-order valence-corrected chi connectivity index (χ0v) is 18.3. The monoisotopic (exact) mass is 452 g/mol. The van der Waals surface area contributed by atoms with Crippen molar-refractivity contribution in [3.63, 3.8) is 0 Å². The second kappa shape index (κ2) is 11.9. The number of nitrogen functional groups attached to an aromatic ring is 1. The van der Waals surface area contributed by atoms with Crippen LogP contribution in [0.2, 0.25) is 0 Å². The first-order chi connectivity index (χ1) is 13.8. The Bertz CT molecular complexity index is 893. The minimum absolute atomic E-state index is 0. The highest BCUT2D eigenvalue weighted by Crippen LogP contribution is 2.32. The molecule has 0 bridgehead atoms. The van der Waals surface area contributed by atoms with Gasteiger partial charge in [-0.3, -0.25) is 10.2 Å². The molecular formula is C20H25ClN4O4S. The first kappa shape index (κ1) is 25.1. The number of esters is 1. The largest absolute Gasteiger partial charge is 0.483 e. The Balaban J connectivity index is 0.00000450. The Morgan fingerprint density at radius 1 is 1.17 bits per heavy atom. The topological polar surface area (TPSA) is 141 Å². The van der Waals surface area contributed by atoms with Gasteiger partial charge < -0.3 is 26.3 Å². The van der Waals surface area contributed by atoms with Crippen molar-refractivity contribution in [2.75, 3.05) is 24.8 Å². The highest BCUT2D eigenvalue weighted by atomic mass is 35.5. The summed E-state index contributed by atoms with van der Waals surface area (Å²) in [6.07, 6.45) is 1.86. The van der Waals surface area contributed by atoms with Crippen molar-refractivity contribution in [2.45, 2.75) is 17.9 Å². The van der Waals surface area contributed by atoms with Crippen molar-refractivity contribution in [2.24, 2.45) is 11.5 Å². The molecule has 30 heavy (non-hydrogen) atoms. The number of nitrogens with two attached hydrogens (primary N) is 2. The van der Waals surface area contributed by atoms with E-state index in [-0.39, 0.29) is 31.5 Å². The summed E-state index contributed by atoms with van der Waals surface area (Å²) >= 11 is 1.42. The number of carbonyl (C=O) groups excluding carboxylic acids is 2. The molecule has 1 atom stereocenters. The van der Waals surface area contributed by atoms with Crippen molar-refractivity contribution >= 4 is 47.6 Å². The molecule has 0 heterocycles. The van der Waals surface area contributed by atoms with Gasteiger partial charge in [-0.25, -0.2) is 4.79 Å². The average molecular weight is 453 g/mol. The number of amides is 1. The maximum absolute atomic E-state index is 12.6. The fraction of sp³-hybridized carbons (Fsp3) is 0.250. The predicted octanol–water partition coefficient (Wildman–Crippen LogP) is 2.69. The minimum Gasteiger partial charge on any atom is -0.483 e. The molecule has 0 saturated carbocycles. The number of rotatable bonds is 10. The standard InChI is InChI=1S/C20H24N4O4S.ClH/c1-3-27-20(26)18(24-14-7-4-12(5-8-14)19(22)23)13-6-9-15(16(10-13)29-2)28-11-17(21)25;/h4-10,18,24H,3,11H2,1-2H3,(H2,21,25)(H3,22,23);1H. The second-order valence-corrected chi connectivity index (χ2v) is 6.83. The Labute approximate surface area is 185 Å². The van der Waals surface area contributed by atoms with Crippen LogP contribution >= 0.6 is 24.2 Å². The second-order valence-electron chi connectivity index (χ2n) is 5.99. The number of amidine groups is 1. The van der Waals surface area contributed by atoms with E-state index in [0.717, 1.165) is 4.90 Å². The first-order valence-electron chi connectivity index (χ1n) is 8.82. The van der Waals surface area contributed by atoms with E-state index in [4.69, 9.17) is 26.4 Å². The molecule has 162 valence electrons. The molecule has 1 unspecified atom stereocenters. The van der Waals surface area contributed by atoms with E-state index >= 15 is 0 Å². The summed E-state index contributed by atoms with van der Waals surface area (Å²) in [5.74, 6) is -0.523. The van der Waals surface area contributed by atoms with E-state index in [1.807, 2.05) is 6.26 Å². The molecule has 6 N–H and O–H groups in total. The minimum atomic E-state index is -0.755. The number of carbonyl (C=O) groups is 2. The van der Waals surface area contributed by atoms with Gasteiger partial charge in [0.1, 0.15) is 11.6 Å². The fourth-order valence-corrected chi connectivity index (χ4v) is 3.13. The van der Waals surface area contributed by atoms with Gasteiger partial charge in [0.15, 0.2) is 12.6 Å². The summed E-state index contributed by atoms with van der Waals surface area (Å²) in [7, 11) is 0. The van der Waals surface area contributed by atoms with E-state index in [1.54, 1.807) is 49.4 Å². The third-order valence-corrected chi connectivity index (χ3v) is 4.68. The maximum atomic E-state index is 12.6. The van der Waals surface area contributed by atoms with E-state index in [9.17, 15) is 9.59 Å². The van der Waals surface area contributed by atoms with Crippen LogP contribution in [0.3, 0.4) is 0 Å². The van der Waals surface area contributed by atoms with Crippen molar-refractivity contribution < 1.29 is 19.1 Å². The molecule has 0 aromatic heterocycles. The van der Waals surface area contributed by atoms with Crippen molar-refractivity contribution in [3.05, 3.63) is 53.6 Å². The molecule has 0 spiro atoms. The average Bonchev–Trinajstić information content (AvgIpc) is 2.70. The number of hydrogen-bond acceptors (Lipinski definition) is 7. The van der Waals surface area contributed by atoms with Crippen LogP contribution in [0.4, 0.5) is 5.69 Å². The molecule has 10 heteroatoms. The quantitative estimate of drug-likeness (QED) is 0.188. The van der Waals surface area contributed by atoms with Crippen LogP contribution in [-0.4, -0.2) is 37.2 Å². The number of primary amides is 1. The third kappa shape index (κ3) is 6.85. The molecule has 0 aliphatic heterocycles. The molecular weight excluding hydrogens is 428 g/mol. The predicted molar refractivity (Wildman–Crippen MR) is 121 cm³/mol. The third-order valence-electron chi connectivity index (χ3n) is 3.92. The van der Waals surface area contributed by atoms with Crippen LogP contribution < -0.4 is 21.5 Å². The molecule has 0 fully saturated rings. The summed E-state index contributed by atoms with van der Waals surface area (Å²) in [6.45, 7) is 1.76. The number of anilines is 1. The molecule has 2 rings (SSSR count). The number of nitrogens with one attached hydrogen (secondary N) is 2. The number of ether oxygens (including phenoxy) is 2. The molecule has 0 aliphatic carbocycles. The molecule has 0 aliphatic rings. The van der Waals surface area contributed by atoms with Crippen molar-refractivity contribution in [1.29, 1.82) is 5.41 Å². The van der Waals surface area contributed by atoms with Crippen molar-refractivity contribution in [3.8, 4) is 5.75 Å². The SMILES string of the molecule is CCOC(=O)C(Nc1ccc(C(=N)N)cc1)c1ccc(OCC(N)=O)c(SC)c1.Cl. The van der Waals surface area contributed by atoms with Crippen LogP contribution in [0.15, 0.2) is 47.4 Å². The molecule has 2 aromatic carbocycles. The Kier molecular flexibility index (Phi) is 10.00. The van der Waals surface area contributed by atoms with Gasteiger partial charge in [0, 0.05) is 16.1 Å². The van der Waals surface area contributed by atoms with E-state index in [1.165, 1.54) is 11.8 Å². The van der Waals surface area contributed by atoms with Crippen LogP contribution in [0, 0.1) is 5.41 Å². The molecule has 0 saturated heterocycles. The molecule has 2 aromatic rings. The zero-order valence-electron chi connectivity index (χ0n) is 16.6. The van der Waals surface area contributed by atoms with E-state index in [0.29, 0.717) is 22.6 Å². The summed E-state index contributed by atoms with van der Waals surface area (Å²) < 4.78 is 10.6. The van der Waals surface area contributed by atoms with Crippen LogP contribution in [0.25, 0.3) is 0 Å². The lowest BCUT2D eigenvalue weighted by Gasteiger charge is -2.20. The fourth-order valence-electron chi connectivity index (χ4n) is 2.55. The lowest BCUT2D eigenvalue weighted by molar-refractivity contribution is -0.144. The normalized spacial score (nSPS) is 11.0.